The molecular formula is C41H67NO11. The van der Waals surface area contributed by atoms with Crippen molar-refractivity contribution in [2.75, 3.05) is 20.8 Å². The van der Waals surface area contributed by atoms with Crippen molar-refractivity contribution in [2.24, 2.45) is 29.6 Å². The lowest BCUT2D eigenvalue weighted by Gasteiger charge is -2.48. The standard InChI is InChI=1S/C41H67NO11/c1-23-15-24(2)17-35(50-7)39-36(51-8)19-27(5)41(49,53-39)22-37(47)42-14-10-9-11-30(42)40(48)52-38(28(6)33(45)21-32(44)25(3)16-23)26(4)18-29-12-13-31(43)34(46)20-29/h16,18,24-25,27-31,33-36,38-39,43,45-46,49H,9-15,17,19-22H2,1-8H3/b23-16+,26-18+/t24-,25+,27+,28+,29-,30-,31+,33-,34+,35-,36-,38+,39+,41-/m0/s1. The third kappa shape index (κ3) is 11.0. The molecule has 1 aliphatic carbocycles. The highest BCUT2D eigenvalue weighted by Crippen LogP contribution is 2.40. The summed E-state index contributed by atoms with van der Waals surface area (Å²) >= 11 is 0. The van der Waals surface area contributed by atoms with Crippen LogP contribution in [0.5, 0.6) is 0 Å². The number of rotatable bonds is 4. The monoisotopic (exact) mass is 749 g/mol. The fourth-order valence-corrected chi connectivity index (χ4v) is 9.01. The molecule has 302 valence electrons. The molecule has 4 N–H and O–H groups in total. The number of carbonyl (C=O) groups excluding carboxylic acids is 3. The predicted molar refractivity (Wildman–Crippen MR) is 198 cm³/mol. The number of ketones is 1. The van der Waals surface area contributed by atoms with Crippen molar-refractivity contribution in [3.05, 3.63) is 23.3 Å². The van der Waals surface area contributed by atoms with Gasteiger partial charge in [-0.3, -0.25) is 9.59 Å². The van der Waals surface area contributed by atoms with Crippen LogP contribution < -0.4 is 0 Å². The first kappa shape index (κ1) is 43.5. The molecule has 3 heterocycles. The summed E-state index contributed by atoms with van der Waals surface area (Å²) in [5.41, 5.74) is 1.69. The highest BCUT2D eigenvalue weighted by molar-refractivity contribution is 5.85. The van der Waals surface area contributed by atoms with Gasteiger partial charge in [-0.15, -0.1) is 0 Å². The van der Waals surface area contributed by atoms with Crippen LogP contribution in [0.4, 0.5) is 0 Å². The zero-order valence-corrected chi connectivity index (χ0v) is 33.2. The molecule has 12 nitrogen and oxygen atoms in total. The zero-order valence-electron chi connectivity index (χ0n) is 33.2. The smallest absolute Gasteiger partial charge is 0.329 e. The summed E-state index contributed by atoms with van der Waals surface area (Å²) in [6.07, 6.45) is 3.08. The van der Waals surface area contributed by atoms with Gasteiger partial charge in [-0.2, -0.15) is 0 Å². The molecule has 0 aromatic heterocycles. The van der Waals surface area contributed by atoms with E-state index in [-0.39, 0.29) is 36.6 Å². The van der Waals surface area contributed by atoms with E-state index in [2.05, 4.69) is 6.92 Å². The number of amides is 1. The van der Waals surface area contributed by atoms with Crippen molar-refractivity contribution in [2.45, 2.75) is 167 Å². The van der Waals surface area contributed by atoms with Crippen molar-refractivity contribution in [1.82, 2.24) is 4.90 Å². The maximum Gasteiger partial charge on any atom is 0.329 e. The van der Waals surface area contributed by atoms with Crippen LogP contribution in [-0.4, -0.2) is 118 Å². The molecule has 1 saturated carbocycles. The number of hydrogen-bond acceptors (Lipinski definition) is 11. The molecule has 3 fully saturated rings. The molecule has 0 aromatic rings. The molecule has 3 aliphatic heterocycles. The number of esters is 1. The summed E-state index contributed by atoms with van der Waals surface area (Å²) < 4.78 is 24.5. The lowest BCUT2D eigenvalue weighted by Crippen LogP contribution is -2.59. The quantitative estimate of drug-likeness (QED) is 0.239. The van der Waals surface area contributed by atoms with Crippen molar-refractivity contribution in [3.8, 4) is 0 Å². The summed E-state index contributed by atoms with van der Waals surface area (Å²) in [5.74, 6) is -4.55. The summed E-state index contributed by atoms with van der Waals surface area (Å²) in [4.78, 5) is 43.3. The number of carbonyl (C=O) groups is 3. The van der Waals surface area contributed by atoms with E-state index in [0.29, 0.717) is 69.9 Å². The summed E-state index contributed by atoms with van der Waals surface area (Å²) in [7, 11) is 3.20. The SMILES string of the molecule is CO[C@H]1C[C@@H](C)C/C(C)=C/[C@@H](C)C(=O)C[C@H](O)[C@@H](C)[C@@H](/C(C)=C/[C@@H]2CC[C@@H](O)[C@H](O)C2)OC(=O)[C@@H]2CCCCN2C(=O)C[C@]2(O)O[C@H]1[C@@H](OC)C[C@H]2C. The van der Waals surface area contributed by atoms with Gasteiger partial charge in [-0.05, 0) is 89.0 Å². The lowest BCUT2D eigenvalue weighted by molar-refractivity contribution is -0.321. The van der Waals surface area contributed by atoms with E-state index in [0.717, 1.165) is 5.57 Å². The molecule has 2 bridgehead atoms. The van der Waals surface area contributed by atoms with Crippen LogP contribution in [0.25, 0.3) is 0 Å². The van der Waals surface area contributed by atoms with Gasteiger partial charge in [0.15, 0.2) is 5.79 Å². The minimum absolute atomic E-state index is 0.0797. The number of Topliss-reactive ketones (excluding diaryl/α,β-unsaturated/α-hetero) is 1. The van der Waals surface area contributed by atoms with Gasteiger partial charge in [0.25, 0.3) is 0 Å². The number of allylic oxidation sites excluding steroid dienone is 3. The average molecular weight is 750 g/mol. The fourth-order valence-electron chi connectivity index (χ4n) is 9.01. The Morgan fingerprint density at radius 3 is 2.25 bits per heavy atom. The van der Waals surface area contributed by atoms with E-state index >= 15 is 0 Å². The van der Waals surface area contributed by atoms with Crippen LogP contribution in [0.3, 0.4) is 0 Å². The number of nitrogens with zero attached hydrogens (tertiary/aromatic N) is 1. The molecule has 0 spiro atoms. The number of fused-ring (bicyclic) bond motifs is 3. The van der Waals surface area contributed by atoms with Crippen LogP contribution in [0, 0.1) is 29.6 Å². The van der Waals surface area contributed by atoms with E-state index in [1.165, 1.54) is 4.90 Å². The van der Waals surface area contributed by atoms with Crippen molar-refractivity contribution >= 4 is 17.7 Å². The molecule has 53 heavy (non-hydrogen) atoms. The second-order valence-electron chi connectivity index (χ2n) is 16.8. The molecule has 14 atom stereocenters. The number of methoxy groups -OCH3 is 2. The van der Waals surface area contributed by atoms with Gasteiger partial charge in [0.05, 0.1) is 36.9 Å². The highest BCUT2D eigenvalue weighted by atomic mass is 16.7. The van der Waals surface area contributed by atoms with Crippen molar-refractivity contribution in [3.63, 3.8) is 0 Å². The summed E-state index contributed by atoms with van der Waals surface area (Å²) in [6, 6.07) is -0.913. The highest BCUT2D eigenvalue weighted by Gasteiger charge is 2.51. The van der Waals surface area contributed by atoms with Crippen LogP contribution >= 0.6 is 0 Å². The van der Waals surface area contributed by atoms with Gasteiger partial charge in [0, 0.05) is 44.9 Å². The Bertz CT molecular complexity index is 1320. The third-order valence-corrected chi connectivity index (χ3v) is 12.4. The largest absolute Gasteiger partial charge is 0.456 e. The van der Waals surface area contributed by atoms with E-state index in [1.807, 2.05) is 39.8 Å². The second-order valence-corrected chi connectivity index (χ2v) is 16.8. The van der Waals surface area contributed by atoms with Gasteiger partial charge in [-0.1, -0.05) is 45.4 Å². The Kier molecular flexibility index (Phi) is 15.7. The molecule has 0 unspecified atom stereocenters. The third-order valence-electron chi connectivity index (χ3n) is 12.4. The molecule has 1 amide bonds. The lowest BCUT2D eigenvalue weighted by atomic mass is 9.82. The normalized spacial score (nSPS) is 43.2. The first-order valence-corrected chi connectivity index (χ1v) is 19.9. The maximum atomic E-state index is 14.2. The number of ether oxygens (including phenoxy) is 4. The molecule has 0 radical (unpaired) electrons. The Hall–Kier alpha value is -2.19. The fraction of sp³-hybridized carbons (Fsp3) is 0.829. The molecule has 12 heteroatoms. The van der Waals surface area contributed by atoms with Crippen molar-refractivity contribution < 1.29 is 53.8 Å². The zero-order chi connectivity index (χ0) is 39.2. The Balaban J connectivity index is 1.71. The predicted octanol–water partition coefficient (Wildman–Crippen LogP) is 4.25. The van der Waals surface area contributed by atoms with E-state index in [1.54, 1.807) is 21.1 Å². The molecule has 4 aliphatic rings. The van der Waals surface area contributed by atoms with Gasteiger partial charge >= 0.3 is 5.97 Å². The second kappa shape index (κ2) is 19.1. The first-order chi connectivity index (χ1) is 25.0. The van der Waals surface area contributed by atoms with Crippen molar-refractivity contribution in [1.29, 1.82) is 0 Å². The Morgan fingerprint density at radius 1 is 0.906 bits per heavy atom. The number of aliphatic hydroxyl groups excluding tert-OH is 3. The van der Waals surface area contributed by atoms with E-state index in [4.69, 9.17) is 18.9 Å². The summed E-state index contributed by atoms with van der Waals surface area (Å²) in [6.45, 7) is 11.6. The molecule has 4 rings (SSSR count). The Morgan fingerprint density at radius 2 is 1.58 bits per heavy atom. The minimum atomic E-state index is -1.83. The average Bonchev–Trinajstić information content (AvgIpc) is 3.11. The van der Waals surface area contributed by atoms with Crippen LogP contribution in [0.1, 0.15) is 112 Å². The number of hydrogen-bond donors (Lipinski definition) is 4. The van der Waals surface area contributed by atoms with E-state index in [9.17, 15) is 34.8 Å². The number of piperidine rings is 1. The summed E-state index contributed by atoms with van der Waals surface area (Å²) in [5, 5.41) is 44.0. The van der Waals surface area contributed by atoms with Crippen LogP contribution in [-0.2, 0) is 33.3 Å². The molecule has 2 saturated heterocycles. The molecule has 0 aromatic carbocycles. The minimum Gasteiger partial charge on any atom is -0.456 e. The van der Waals surface area contributed by atoms with Gasteiger partial charge in [0.2, 0.25) is 5.91 Å². The first-order valence-electron chi connectivity index (χ1n) is 19.9. The topological polar surface area (TPSA) is 172 Å². The van der Waals surface area contributed by atoms with Crippen LogP contribution in [0.15, 0.2) is 23.3 Å². The maximum absolute atomic E-state index is 14.2. The van der Waals surface area contributed by atoms with Crippen LogP contribution in [0.2, 0.25) is 0 Å². The van der Waals surface area contributed by atoms with Gasteiger partial charge in [-0.25, -0.2) is 4.79 Å². The van der Waals surface area contributed by atoms with Gasteiger partial charge < -0.3 is 44.3 Å². The Labute approximate surface area is 316 Å². The molecular weight excluding hydrogens is 682 g/mol. The van der Waals surface area contributed by atoms with E-state index < -0.39 is 78.1 Å². The number of cyclic esters (lactones) is 1. The number of aliphatic hydroxyl groups is 4. The van der Waals surface area contributed by atoms with Gasteiger partial charge in [0.1, 0.15) is 24.0 Å².